The van der Waals surface area contributed by atoms with Crippen LogP contribution in [-0.2, 0) is 16.0 Å². The summed E-state index contributed by atoms with van der Waals surface area (Å²) in [5.74, 6) is -0.121. The van der Waals surface area contributed by atoms with E-state index in [2.05, 4.69) is 23.1 Å². The standard InChI is InChI=1S/C16H23N3O2S/c1-11-5-6-13(8-12(11)2)9-15(20)18-19-16(22)17-10-14-4-3-7-21-14/h5-6,8,14H,3-4,7,9-10H2,1-2H3,(H,18,20)(H2,17,19,22). The molecule has 0 bridgehead atoms. The summed E-state index contributed by atoms with van der Waals surface area (Å²) >= 11 is 5.12. The summed E-state index contributed by atoms with van der Waals surface area (Å²) in [6, 6.07) is 6.03. The molecule has 1 fully saturated rings. The monoisotopic (exact) mass is 321 g/mol. The van der Waals surface area contributed by atoms with Gasteiger partial charge in [0.15, 0.2) is 5.11 Å². The number of amides is 1. The van der Waals surface area contributed by atoms with Gasteiger partial charge in [-0.1, -0.05) is 18.2 Å². The smallest absolute Gasteiger partial charge is 0.242 e. The molecule has 1 saturated heterocycles. The molecule has 2 rings (SSSR count). The van der Waals surface area contributed by atoms with E-state index in [1.54, 1.807) is 0 Å². The van der Waals surface area contributed by atoms with Gasteiger partial charge in [0.1, 0.15) is 0 Å². The molecule has 0 radical (unpaired) electrons. The van der Waals surface area contributed by atoms with Crippen LogP contribution in [0.1, 0.15) is 29.5 Å². The minimum Gasteiger partial charge on any atom is -0.376 e. The van der Waals surface area contributed by atoms with Crippen molar-refractivity contribution in [1.82, 2.24) is 16.2 Å². The summed E-state index contributed by atoms with van der Waals surface area (Å²) in [5.41, 5.74) is 8.72. The van der Waals surface area contributed by atoms with Crippen LogP contribution in [0, 0.1) is 13.8 Å². The molecule has 3 N–H and O–H groups in total. The lowest BCUT2D eigenvalue weighted by atomic mass is 10.0. The fraction of sp³-hybridized carbons (Fsp3) is 0.500. The molecule has 0 saturated carbocycles. The Labute approximate surface area is 136 Å². The Balaban J connectivity index is 1.68. The lowest BCUT2D eigenvalue weighted by molar-refractivity contribution is -0.121. The molecule has 0 spiro atoms. The number of hydrazine groups is 1. The highest BCUT2D eigenvalue weighted by molar-refractivity contribution is 7.80. The van der Waals surface area contributed by atoms with Crippen LogP contribution in [-0.4, -0.2) is 30.3 Å². The van der Waals surface area contributed by atoms with Gasteiger partial charge < -0.3 is 10.1 Å². The molecule has 1 aliphatic heterocycles. The van der Waals surface area contributed by atoms with Crippen molar-refractivity contribution in [3.05, 3.63) is 34.9 Å². The van der Waals surface area contributed by atoms with E-state index in [1.165, 1.54) is 11.1 Å². The highest BCUT2D eigenvalue weighted by atomic mass is 32.1. The lowest BCUT2D eigenvalue weighted by Gasteiger charge is -2.14. The van der Waals surface area contributed by atoms with Crippen molar-refractivity contribution in [2.24, 2.45) is 0 Å². The average Bonchev–Trinajstić information content (AvgIpc) is 3.00. The van der Waals surface area contributed by atoms with Gasteiger partial charge in [0.2, 0.25) is 5.91 Å². The van der Waals surface area contributed by atoms with Crippen LogP contribution >= 0.6 is 12.2 Å². The second-order valence-electron chi connectivity index (χ2n) is 5.61. The van der Waals surface area contributed by atoms with Gasteiger partial charge in [-0.25, -0.2) is 0 Å². The fourth-order valence-electron chi connectivity index (χ4n) is 2.33. The van der Waals surface area contributed by atoms with Crippen molar-refractivity contribution in [3.63, 3.8) is 0 Å². The second-order valence-corrected chi connectivity index (χ2v) is 6.02. The van der Waals surface area contributed by atoms with Crippen LogP contribution in [0.4, 0.5) is 0 Å². The second kappa shape index (κ2) is 8.10. The summed E-state index contributed by atoms with van der Waals surface area (Å²) in [6.07, 6.45) is 2.68. The summed E-state index contributed by atoms with van der Waals surface area (Å²) in [5, 5.41) is 3.45. The third-order valence-corrected chi connectivity index (χ3v) is 4.01. The van der Waals surface area contributed by atoms with E-state index in [-0.39, 0.29) is 12.0 Å². The average molecular weight is 321 g/mol. The van der Waals surface area contributed by atoms with Crippen LogP contribution in [0.15, 0.2) is 18.2 Å². The molecule has 0 aliphatic carbocycles. The van der Waals surface area contributed by atoms with Gasteiger partial charge in [-0.3, -0.25) is 15.6 Å². The van der Waals surface area contributed by atoms with Crippen LogP contribution in [0.5, 0.6) is 0 Å². The minimum absolute atomic E-state index is 0.121. The number of aryl methyl sites for hydroxylation is 2. The van der Waals surface area contributed by atoms with E-state index < -0.39 is 0 Å². The van der Waals surface area contributed by atoms with Crippen LogP contribution in [0.3, 0.4) is 0 Å². The Kier molecular flexibility index (Phi) is 6.15. The van der Waals surface area contributed by atoms with E-state index in [1.807, 2.05) is 25.1 Å². The first-order chi connectivity index (χ1) is 10.5. The Morgan fingerprint density at radius 2 is 2.14 bits per heavy atom. The number of carbonyl (C=O) groups excluding carboxylic acids is 1. The van der Waals surface area contributed by atoms with E-state index in [0.29, 0.717) is 18.1 Å². The van der Waals surface area contributed by atoms with Crippen LogP contribution < -0.4 is 16.2 Å². The zero-order valence-corrected chi connectivity index (χ0v) is 13.9. The molecule has 1 atom stereocenters. The van der Waals surface area contributed by atoms with E-state index in [4.69, 9.17) is 17.0 Å². The maximum Gasteiger partial charge on any atom is 0.242 e. The molecule has 6 heteroatoms. The largest absolute Gasteiger partial charge is 0.376 e. The van der Waals surface area contributed by atoms with Crippen molar-refractivity contribution in [3.8, 4) is 0 Å². The van der Waals surface area contributed by atoms with E-state index >= 15 is 0 Å². The number of hydrogen-bond acceptors (Lipinski definition) is 3. The quantitative estimate of drug-likeness (QED) is 0.580. The normalized spacial score (nSPS) is 17.1. The number of thiocarbonyl (C=S) groups is 1. The molecule has 1 amide bonds. The first-order valence-electron chi connectivity index (χ1n) is 7.55. The maximum absolute atomic E-state index is 11.9. The summed E-state index contributed by atoms with van der Waals surface area (Å²) in [6.45, 7) is 5.58. The van der Waals surface area contributed by atoms with Gasteiger partial charge in [-0.05, 0) is 55.6 Å². The molecular weight excluding hydrogens is 298 g/mol. The molecule has 0 aromatic heterocycles. The van der Waals surface area contributed by atoms with Gasteiger partial charge in [-0.15, -0.1) is 0 Å². The SMILES string of the molecule is Cc1ccc(CC(=O)NNC(=S)NCC2CCCO2)cc1C. The number of hydrogen-bond donors (Lipinski definition) is 3. The molecule has 1 unspecified atom stereocenters. The van der Waals surface area contributed by atoms with Gasteiger partial charge >= 0.3 is 0 Å². The Hall–Kier alpha value is -1.66. The zero-order chi connectivity index (χ0) is 15.9. The zero-order valence-electron chi connectivity index (χ0n) is 13.1. The Morgan fingerprint density at radius 3 is 2.82 bits per heavy atom. The van der Waals surface area contributed by atoms with Crippen molar-refractivity contribution in [1.29, 1.82) is 0 Å². The predicted octanol–water partition coefficient (Wildman–Crippen LogP) is 1.52. The third kappa shape index (κ3) is 5.27. The van der Waals surface area contributed by atoms with Crippen molar-refractivity contribution in [2.75, 3.05) is 13.2 Å². The Bertz CT molecular complexity index is 542. The Morgan fingerprint density at radius 1 is 1.32 bits per heavy atom. The number of benzene rings is 1. The number of rotatable bonds is 4. The van der Waals surface area contributed by atoms with Gasteiger partial charge in [-0.2, -0.15) is 0 Å². The van der Waals surface area contributed by atoms with Crippen LogP contribution in [0.25, 0.3) is 0 Å². The molecule has 22 heavy (non-hydrogen) atoms. The highest BCUT2D eigenvalue weighted by Crippen LogP contribution is 2.11. The lowest BCUT2D eigenvalue weighted by Crippen LogP contribution is -2.48. The maximum atomic E-state index is 11.9. The highest BCUT2D eigenvalue weighted by Gasteiger charge is 2.15. The number of ether oxygens (including phenoxy) is 1. The van der Waals surface area contributed by atoms with Crippen molar-refractivity contribution in [2.45, 2.75) is 39.2 Å². The topological polar surface area (TPSA) is 62.4 Å². The fourth-order valence-corrected chi connectivity index (χ4v) is 2.46. The van der Waals surface area contributed by atoms with Gasteiger partial charge in [0, 0.05) is 13.2 Å². The molecule has 1 aromatic rings. The molecule has 1 aliphatic rings. The number of nitrogens with one attached hydrogen (secondary N) is 3. The predicted molar refractivity (Wildman–Crippen MR) is 90.5 cm³/mol. The first kappa shape index (κ1) is 16.7. The van der Waals surface area contributed by atoms with Gasteiger partial charge in [0.05, 0.1) is 12.5 Å². The van der Waals surface area contributed by atoms with E-state index in [9.17, 15) is 4.79 Å². The van der Waals surface area contributed by atoms with Crippen molar-refractivity contribution < 1.29 is 9.53 Å². The minimum atomic E-state index is -0.121. The molecule has 120 valence electrons. The summed E-state index contributed by atoms with van der Waals surface area (Å²) in [4.78, 5) is 11.9. The molecule has 1 aromatic carbocycles. The summed E-state index contributed by atoms with van der Waals surface area (Å²) in [7, 11) is 0. The molecular formula is C16H23N3O2S. The summed E-state index contributed by atoms with van der Waals surface area (Å²) < 4.78 is 5.49. The number of carbonyl (C=O) groups is 1. The van der Waals surface area contributed by atoms with Crippen LogP contribution in [0.2, 0.25) is 0 Å². The molecule has 1 heterocycles. The molecule has 5 nitrogen and oxygen atoms in total. The van der Waals surface area contributed by atoms with Gasteiger partial charge in [0.25, 0.3) is 0 Å². The van der Waals surface area contributed by atoms with Crippen molar-refractivity contribution >= 4 is 23.2 Å². The third-order valence-electron chi connectivity index (χ3n) is 3.77. The van der Waals surface area contributed by atoms with E-state index in [0.717, 1.165) is 25.0 Å². The first-order valence-corrected chi connectivity index (χ1v) is 7.96.